The Hall–Kier alpha value is -1.33. The maximum atomic E-state index is 12.0. The Balaban J connectivity index is 2.24. The summed E-state index contributed by atoms with van der Waals surface area (Å²) in [5.41, 5.74) is 9.32. The van der Waals surface area contributed by atoms with Crippen molar-refractivity contribution in [2.24, 2.45) is 0 Å². The van der Waals surface area contributed by atoms with Crippen LogP contribution >= 0.6 is 27.3 Å². The summed E-state index contributed by atoms with van der Waals surface area (Å²) in [6.45, 7) is 3.90. The molecular formula is C13H13BrN2OS. The Morgan fingerprint density at radius 1 is 1.28 bits per heavy atom. The van der Waals surface area contributed by atoms with Gasteiger partial charge in [-0.1, -0.05) is 6.07 Å². The molecule has 5 heteroatoms. The Morgan fingerprint density at radius 3 is 2.61 bits per heavy atom. The number of rotatable bonds is 2. The van der Waals surface area contributed by atoms with Crippen LogP contribution in [-0.4, -0.2) is 5.91 Å². The molecule has 0 fully saturated rings. The molecule has 0 aliphatic carbocycles. The lowest BCUT2D eigenvalue weighted by Crippen LogP contribution is -2.11. The van der Waals surface area contributed by atoms with Gasteiger partial charge in [0.05, 0.1) is 8.66 Å². The first-order valence-corrected chi connectivity index (χ1v) is 7.01. The fourth-order valence-electron chi connectivity index (χ4n) is 1.62. The first-order chi connectivity index (χ1) is 8.47. The molecule has 3 nitrogen and oxygen atoms in total. The zero-order chi connectivity index (χ0) is 13.3. The Labute approximate surface area is 118 Å². The molecule has 2 aromatic rings. The topological polar surface area (TPSA) is 55.1 Å². The quantitative estimate of drug-likeness (QED) is 0.821. The number of nitrogen functional groups attached to an aromatic ring is 1. The molecule has 94 valence electrons. The lowest BCUT2D eigenvalue weighted by molar-refractivity contribution is 0.103. The van der Waals surface area contributed by atoms with Crippen LogP contribution in [0.2, 0.25) is 0 Å². The Kier molecular flexibility index (Phi) is 3.73. The van der Waals surface area contributed by atoms with E-state index in [-0.39, 0.29) is 5.91 Å². The summed E-state index contributed by atoms with van der Waals surface area (Å²) in [5, 5.41) is 2.88. The lowest BCUT2D eigenvalue weighted by atomic mass is 10.1. The fraction of sp³-hybridized carbons (Fsp3) is 0.154. The molecule has 0 aliphatic rings. The second-order valence-electron chi connectivity index (χ2n) is 4.08. The molecule has 0 spiro atoms. The number of aryl methyl sites for hydroxylation is 2. The molecule has 0 aliphatic heterocycles. The molecule has 1 amide bonds. The lowest BCUT2D eigenvalue weighted by Gasteiger charge is -2.10. The average molecular weight is 325 g/mol. The number of carbonyl (C=O) groups is 1. The normalized spacial score (nSPS) is 10.4. The van der Waals surface area contributed by atoms with Gasteiger partial charge in [0.1, 0.15) is 0 Å². The highest BCUT2D eigenvalue weighted by Gasteiger charge is 2.11. The van der Waals surface area contributed by atoms with E-state index in [2.05, 4.69) is 21.2 Å². The number of hydrogen-bond donors (Lipinski definition) is 2. The van der Waals surface area contributed by atoms with Gasteiger partial charge in [0.25, 0.3) is 5.91 Å². The minimum atomic E-state index is -0.114. The van der Waals surface area contributed by atoms with Crippen LogP contribution in [0.25, 0.3) is 0 Å². The van der Waals surface area contributed by atoms with Gasteiger partial charge in [0.2, 0.25) is 0 Å². The first kappa shape index (κ1) is 13.1. The largest absolute Gasteiger partial charge is 0.398 e. The summed E-state index contributed by atoms with van der Waals surface area (Å²) in [4.78, 5) is 12.7. The standard InChI is InChI=1S/C13H13BrN2OS/c1-7-5-8(2)10(6-9(7)15)16-13(17)11-3-4-12(14)18-11/h3-6H,15H2,1-2H3,(H,16,17). The molecule has 0 saturated heterocycles. The van der Waals surface area contributed by atoms with E-state index in [0.29, 0.717) is 10.6 Å². The van der Waals surface area contributed by atoms with Crippen molar-refractivity contribution in [2.45, 2.75) is 13.8 Å². The minimum Gasteiger partial charge on any atom is -0.398 e. The van der Waals surface area contributed by atoms with E-state index < -0.39 is 0 Å². The molecule has 3 N–H and O–H groups in total. The SMILES string of the molecule is Cc1cc(C)c(NC(=O)c2ccc(Br)s2)cc1N. The van der Waals surface area contributed by atoms with Gasteiger partial charge in [-0.15, -0.1) is 11.3 Å². The van der Waals surface area contributed by atoms with E-state index >= 15 is 0 Å². The fourth-order valence-corrected chi connectivity index (χ4v) is 2.91. The highest BCUT2D eigenvalue weighted by Crippen LogP contribution is 2.25. The second kappa shape index (κ2) is 5.12. The van der Waals surface area contributed by atoms with Gasteiger partial charge in [0.15, 0.2) is 0 Å². The third-order valence-electron chi connectivity index (χ3n) is 2.66. The maximum absolute atomic E-state index is 12.0. The van der Waals surface area contributed by atoms with Crippen molar-refractivity contribution in [3.05, 3.63) is 44.1 Å². The van der Waals surface area contributed by atoms with Gasteiger partial charge in [0, 0.05) is 11.4 Å². The van der Waals surface area contributed by atoms with E-state index in [9.17, 15) is 4.79 Å². The zero-order valence-corrected chi connectivity index (χ0v) is 12.5. The Morgan fingerprint density at radius 2 is 2.00 bits per heavy atom. The van der Waals surface area contributed by atoms with Crippen LogP contribution in [0, 0.1) is 13.8 Å². The van der Waals surface area contributed by atoms with Crippen LogP contribution in [0.4, 0.5) is 11.4 Å². The van der Waals surface area contributed by atoms with Gasteiger partial charge in [-0.2, -0.15) is 0 Å². The van der Waals surface area contributed by atoms with Gasteiger partial charge in [-0.25, -0.2) is 0 Å². The summed E-state index contributed by atoms with van der Waals surface area (Å²) in [7, 11) is 0. The molecule has 0 unspecified atom stereocenters. The Bertz CT molecular complexity index is 607. The van der Waals surface area contributed by atoms with Crippen LogP contribution in [0.3, 0.4) is 0 Å². The summed E-state index contributed by atoms with van der Waals surface area (Å²) in [5.74, 6) is -0.114. The van der Waals surface area contributed by atoms with Crippen molar-refractivity contribution in [2.75, 3.05) is 11.1 Å². The predicted octanol–water partition coefficient (Wildman–Crippen LogP) is 3.96. The summed E-state index contributed by atoms with van der Waals surface area (Å²) < 4.78 is 0.938. The summed E-state index contributed by atoms with van der Waals surface area (Å²) >= 11 is 4.74. The summed E-state index contributed by atoms with van der Waals surface area (Å²) in [6.07, 6.45) is 0. The number of anilines is 2. The van der Waals surface area contributed by atoms with Crippen LogP contribution in [0.5, 0.6) is 0 Å². The van der Waals surface area contributed by atoms with E-state index in [1.54, 1.807) is 12.1 Å². The maximum Gasteiger partial charge on any atom is 0.265 e. The smallest absolute Gasteiger partial charge is 0.265 e. The summed E-state index contributed by atoms with van der Waals surface area (Å²) in [6, 6.07) is 7.41. The highest BCUT2D eigenvalue weighted by atomic mass is 79.9. The van der Waals surface area contributed by atoms with Crippen molar-refractivity contribution < 1.29 is 4.79 Å². The van der Waals surface area contributed by atoms with E-state index in [4.69, 9.17) is 5.73 Å². The van der Waals surface area contributed by atoms with Gasteiger partial charge in [-0.05, 0) is 59.1 Å². The molecule has 0 radical (unpaired) electrons. The third-order valence-corrected chi connectivity index (χ3v) is 4.28. The molecule has 0 atom stereocenters. The molecule has 1 aromatic carbocycles. The minimum absolute atomic E-state index is 0.114. The molecule has 0 saturated carbocycles. The predicted molar refractivity (Wildman–Crippen MR) is 80.3 cm³/mol. The van der Waals surface area contributed by atoms with Gasteiger partial charge >= 0.3 is 0 Å². The van der Waals surface area contributed by atoms with Crippen molar-refractivity contribution >= 4 is 44.5 Å². The van der Waals surface area contributed by atoms with Gasteiger partial charge < -0.3 is 11.1 Å². The molecule has 1 heterocycles. The second-order valence-corrected chi connectivity index (χ2v) is 6.54. The van der Waals surface area contributed by atoms with Crippen LogP contribution < -0.4 is 11.1 Å². The molecule has 1 aromatic heterocycles. The van der Waals surface area contributed by atoms with Gasteiger partial charge in [-0.3, -0.25) is 4.79 Å². The van der Waals surface area contributed by atoms with Crippen LogP contribution in [0.15, 0.2) is 28.1 Å². The monoisotopic (exact) mass is 324 g/mol. The molecule has 2 rings (SSSR count). The number of benzene rings is 1. The third kappa shape index (κ3) is 2.73. The zero-order valence-electron chi connectivity index (χ0n) is 10.1. The number of nitrogens with two attached hydrogens (primary N) is 1. The molecular weight excluding hydrogens is 312 g/mol. The highest BCUT2D eigenvalue weighted by molar-refractivity contribution is 9.11. The number of hydrogen-bond acceptors (Lipinski definition) is 3. The van der Waals surface area contributed by atoms with Crippen molar-refractivity contribution in [3.8, 4) is 0 Å². The average Bonchev–Trinajstić information content (AvgIpc) is 2.73. The van der Waals surface area contributed by atoms with Crippen molar-refractivity contribution in [1.82, 2.24) is 0 Å². The number of halogens is 1. The van der Waals surface area contributed by atoms with Crippen molar-refractivity contribution in [3.63, 3.8) is 0 Å². The number of amides is 1. The van der Waals surface area contributed by atoms with E-state index in [0.717, 1.165) is 20.6 Å². The molecule has 0 bridgehead atoms. The van der Waals surface area contributed by atoms with Crippen LogP contribution in [-0.2, 0) is 0 Å². The molecule has 18 heavy (non-hydrogen) atoms. The first-order valence-electron chi connectivity index (χ1n) is 5.41. The van der Waals surface area contributed by atoms with E-state index in [1.807, 2.05) is 26.0 Å². The number of carbonyl (C=O) groups excluding carboxylic acids is 1. The number of thiophene rings is 1. The number of nitrogens with one attached hydrogen (secondary N) is 1. The van der Waals surface area contributed by atoms with Crippen molar-refractivity contribution in [1.29, 1.82) is 0 Å². The van der Waals surface area contributed by atoms with E-state index in [1.165, 1.54) is 11.3 Å². The van der Waals surface area contributed by atoms with Crippen LogP contribution in [0.1, 0.15) is 20.8 Å².